The molecule has 3 aromatic rings. The molecule has 0 aromatic heterocycles. The van der Waals surface area contributed by atoms with Crippen molar-refractivity contribution in [2.45, 2.75) is 70.7 Å². The Balaban J connectivity index is 1.63. The molecular weight excluding hydrogens is 466 g/mol. The van der Waals surface area contributed by atoms with Crippen molar-refractivity contribution in [3.63, 3.8) is 0 Å². The van der Waals surface area contributed by atoms with Crippen LogP contribution in [0.5, 0.6) is 0 Å². The summed E-state index contributed by atoms with van der Waals surface area (Å²) in [7, 11) is 0. The number of hydrogen-bond acceptors (Lipinski definition) is 4. The van der Waals surface area contributed by atoms with Gasteiger partial charge < -0.3 is 20.3 Å². The van der Waals surface area contributed by atoms with Crippen molar-refractivity contribution in [1.82, 2.24) is 10.2 Å². The summed E-state index contributed by atoms with van der Waals surface area (Å²) in [6.07, 6.45) is 1.92. The fourth-order valence-electron chi connectivity index (χ4n) is 4.50. The maximum absolute atomic E-state index is 13.9. The van der Waals surface area contributed by atoms with Gasteiger partial charge in [-0.2, -0.15) is 0 Å². The average molecular weight is 502 g/mol. The van der Waals surface area contributed by atoms with Crippen LogP contribution in [-0.2, 0) is 14.3 Å². The van der Waals surface area contributed by atoms with Crippen molar-refractivity contribution in [3.05, 3.63) is 78.4 Å². The van der Waals surface area contributed by atoms with Gasteiger partial charge in [0.2, 0.25) is 5.91 Å². The van der Waals surface area contributed by atoms with E-state index in [0.29, 0.717) is 11.3 Å². The van der Waals surface area contributed by atoms with Crippen LogP contribution in [0.1, 0.15) is 58.6 Å². The largest absolute Gasteiger partial charge is 0.444 e. The smallest absolute Gasteiger partial charge is 0.408 e. The van der Waals surface area contributed by atoms with E-state index < -0.39 is 23.8 Å². The van der Waals surface area contributed by atoms with Gasteiger partial charge in [-0.3, -0.25) is 9.59 Å². The van der Waals surface area contributed by atoms with Crippen LogP contribution in [0.25, 0.3) is 10.8 Å². The van der Waals surface area contributed by atoms with E-state index in [1.165, 1.54) is 0 Å². The molecule has 2 N–H and O–H groups in total. The number of fused-ring (bicyclic) bond motifs is 1. The Morgan fingerprint density at radius 3 is 2.19 bits per heavy atom. The van der Waals surface area contributed by atoms with Gasteiger partial charge in [-0.25, -0.2) is 4.79 Å². The number of hydrogen-bond donors (Lipinski definition) is 2. The second kappa shape index (κ2) is 11.0. The number of carbonyl (C=O) groups is 3. The average Bonchev–Trinajstić information content (AvgIpc) is 2.81. The standard InChI is InChI=1S/C30H35N3O4/c1-20(31-29(36)37-30(2,3)4)28(35)33(25-15-10-16-25)26(22-12-6-5-7-13-22)27(34)32-24-18-17-21-11-8-9-14-23(21)19-24/h5-9,11-14,17-20,25-26H,10,15-16H2,1-4H3,(H,31,36)(H,32,34). The molecule has 3 amide bonds. The highest BCUT2D eigenvalue weighted by Gasteiger charge is 2.41. The number of nitrogens with zero attached hydrogens (tertiary/aromatic N) is 1. The summed E-state index contributed by atoms with van der Waals surface area (Å²) in [6, 6.07) is 21.2. The van der Waals surface area contributed by atoms with Gasteiger partial charge in [0.1, 0.15) is 17.7 Å². The minimum absolute atomic E-state index is 0.0945. The van der Waals surface area contributed by atoms with E-state index in [4.69, 9.17) is 4.74 Å². The Labute approximate surface area is 218 Å². The first-order valence-corrected chi connectivity index (χ1v) is 12.8. The molecular formula is C30H35N3O4. The molecule has 0 saturated heterocycles. The number of ether oxygens (including phenoxy) is 1. The zero-order valence-electron chi connectivity index (χ0n) is 21.9. The van der Waals surface area contributed by atoms with E-state index in [0.717, 1.165) is 30.0 Å². The van der Waals surface area contributed by atoms with Gasteiger partial charge in [0.15, 0.2) is 0 Å². The Hall–Kier alpha value is -3.87. The van der Waals surface area contributed by atoms with Gasteiger partial charge >= 0.3 is 6.09 Å². The normalized spacial score (nSPS) is 15.2. The zero-order valence-corrected chi connectivity index (χ0v) is 21.9. The number of nitrogens with one attached hydrogen (secondary N) is 2. The Morgan fingerprint density at radius 2 is 1.57 bits per heavy atom. The molecule has 4 rings (SSSR count). The van der Waals surface area contributed by atoms with Gasteiger partial charge in [-0.15, -0.1) is 0 Å². The molecule has 194 valence electrons. The lowest BCUT2D eigenvalue weighted by Gasteiger charge is -2.43. The highest BCUT2D eigenvalue weighted by Crippen LogP contribution is 2.34. The summed E-state index contributed by atoms with van der Waals surface area (Å²) in [5.41, 5.74) is 0.684. The zero-order chi connectivity index (χ0) is 26.6. The van der Waals surface area contributed by atoms with Gasteiger partial charge in [0.25, 0.3) is 5.91 Å². The minimum Gasteiger partial charge on any atom is -0.444 e. The van der Waals surface area contributed by atoms with Crippen LogP contribution in [0.3, 0.4) is 0 Å². The molecule has 37 heavy (non-hydrogen) atoms. The van der Waals surface area contributed by atoms with Gasteiger partial charge in [-0.1, -0.05) is 60.7 Å². The molecule has 1 fully saturated rings. The van der Waals surface area contributed by atoms with Crippen LogP contribution >= 0.6 is 0 Å². The summed E-state index contributed by atoms with van der Waals surface area (Å²) in [4.78, 5) is 41.7. The number of rotatable bonds is 7. The molecule has 7 nitrogen and oxygen atoms in total. The molecule has 2 atom stereocenters. The van der Waals surface area contributed by atoms with Crippen molar-refractivity contribution in [2.24, 2.45) is 0 Å². The summed E-state index contributed by atoms with van der Waals surface area (Å²) < 4.78 is 5.35. The number of carbonyl (C=O) groups excluding carboxylic acids is 3. The predicted octanol–water partition coefficient (Wildman–Crippen LogP) is 5.81. The molecule has 0 bridgehead atoms. The molecule has 0 aliphatic heterocycles. The van der Waals surface area contributed by atoms with E-state index in [1.54, 1.807) is 32.6 Å². The third-order valence-electron chi connectivity index (χ3n) is 6.49. The molecule has 0 heterocycles. The second-order valence-electron chi connectivity index (χ2n) is 10.6. The Morgan fingerprint density at radius 1 is 0.919 bits per heavy atom. The van der Waals surface area contributed by atoms with Crippen molar-refractivity contribution < 1.29 is 19.1 Å². The topological polar surface area (TPSA) is 87.7 Å². The molecule has 0 spiro atoms. The maximum atomic E-state index is 13.9. The fraction of sp³-hybridized carbons (Fsp3) is 0.367. The second-order valence-corrected chi connectivity index (χ2v) is 10.6. The quantitative estimate of drug-likeness (QED) is 0.427. The Bertz CT molecular complexity index is 1260. The van der Waals surface area contributed by atoms with Crippen LogP contribution in [-0.4, -0.2) is 40.5 Å². The van der Waals surface area contributed by atoms with Crippen molar-refractivity contribution >= 4 is 34.4 Å². The van der Waals surface area contributed by atoms with Crippen LogP contribution < -0.4 is 10.6 Å². The van der Waals surface area contributed by atoms with Crippen LogP contribution in [0.2, 0.25) is 0 Å². The highest BCUT2D eigenvalue weighted by molar-refractivity contribution is 6.00. The van der Waals surface area contributed by atoms with Crippen LogP contribution in [0.4, 0.5) is 10.5 Å². The van der Waals surface area contributed by atoms with Crippen molar-refractivity contribution in [1.29, 1.82) is 0 Å². The van der Waals surface area contributed by atoms with E-state index in [1.807, 2.05) is 72.8 Å². The molecule has 0 radical (unpaired) electrons. The first-order valence-electron chi connectivity index (χ1n) is 12.8. The van der Waals surface area contributed by atoms with Crippen molar-refractivity contribution in [2.75, 3.05) is 5.32 Å². The van der Waals surface area contributed by atoms with E-state index >= 15 is 0 Å². The molecule has 1 aliphatic carbocycles. The lowest BCUT2D eigenvalue weighted by atomic mass is 9.88. The fourth-order valence-corrected chi connectivity index (χ4v) is 4.50. The first kappa shape index (κ1) is 26.2. The van der Waals surface area contributed by atoms with E-state index in [9.17, 15) is 14.4 Å². The van der Waals surface area contributed by atoms with Crippen LogP contribution in [0.15, 0.2) is 72.8 Å². The number of anilines is 1. The number of benzene rings is 3. The lowest BCUT2D eigenvalue weighted by molar-refractivity contribution is -0.145. The third-order valence-corrected chi connectivity index (χ3v) is 6.49. The first-order chi connectivity index (χ1) is 17.6. The van der Waals surface area contributed by atoms with Gasteiger partial charge in [0.05, 0.1) is 0 Å². The summed E-state index contributed by atoms with van der Waals surface area (Å²) in [6.45, 7) is 6.92. The molecule has 1 saturated carbocycles. The highest BCUT2D eigenvalue weighted by atomic mass is 16.6. The van der Waals surface area contributed by atoms with E-state index in [-0.39, 0.29) is 17.9 Å². The Kier molecular flexibility index (Phi) is 7.81. The molecule has 2 unspecified atom stereocenters. The summed E-state index contributed by atoms with van der Waals surface area (Å²) >= 11 is 0. The molecule has 3 aromatic carbocycles. The summed E-state index contributed by atoms with van der Waals surface area (Å²) in [5.74, 6) is -0.621. The van der Waals surface area contributed by atoms with Crippen molar-refractivity contribution in [3.8, 4) is 0 Å². The molecule has 1 aliphatic rings. The number of amides is 3. The predicted molar refractivity (Wildman–Crippen MR) is 145 cm³/mol. The third kappa shape index (κ3) is 6.47. The SMILES string of the molecule is CC(NC(=O)OC(C)(C)C)C(=O)N(C1CCC1)C(C(=O)Nc1ccc2ccccc2c1)c1ccccc1. The number of alkyl carbamates (subject to hydrolysis) is 1. The van der Waals surface area contributed by atoms with Crippen LogP contribution in [0, 0.1) is 0 Å². The minimum atomic E-state index is -0.866. The maximum Gasteiger partial charge on any atom is 0.408 e. The van der Waals surface area contributed by atoms with Gasteiger partial charge in [0, 0.05) is 11.7 Å². The molecule has 7 heteroatoms. The lowest BCUT2D eigenvalue weighted by Crippen LogP contribution is -2.56. The monoisotopic (exact) mass is 501 g/mol. The summed E-state index contributed by atoms with van der Waals surface area (Å²) in [5, 5.41) is 7.78. The van der Waals surface area contributed by atoms with Gasteiger partial charge in [-0.05, 0) is 75.4 Å². The van der Waals surface area contributed by atoms with E-state index in [2.05, 4.69) is 10.6 Å².